The molecule has 0 unspecified atom stereocenters. The van der Waals surface area contributed by atoms with Crippen molar-refractivity contribution in [3.05, 3.63) is 29.7 Å². The third-order valence-electron chi connectivity index (χ3n) is 1.85. The first kappa shape index (κ1) is 8.68. The lowest BCUT2D eigenvalue weighted by Crippen LogP contribution is -2.03. The monoisotopic (exact) mass is 195 g/mol. The van der Waals surface area contributed by atoms with Gasteiger partial charge in [-0.25, -0.2) is 9.18 Å². The van der Waals surface area contributed by atoms with Gasteiger partial charge in [0, 0.05) is 11.5 Å². The lowest BCUT2D eigenvalue weighted by Gasteiger charge is -1.99. The van der Waals surface area contributed by atoms with Crippen LogP contribution in [-0.4, -0.2) is 18.2 Å². The van der Waals surface area contributed by atoms with E-state index in [2.05, 4.69) is 9.89 Å². The minimum absolute atomic E-state index is 0.122. The van der Waals surface area contributed by atoms with Gasteiger partial charge in [0.05, 0.1) is 18.9 Å². The fourth-order valence-electron chi connectivity index (χ4n) is 1.16. The lowest BCUT2D eigenvalue weighted by atomic mass is 10.1. The van der Waals surface area contributed by atoms with E-state index < -0.39 is 11.8 Å². The predicted octanol–water partition coefficient (Wildman–Crippen LogP) is 1.75. The van der Waals surface area contributed by atoms with Crippen LogP contribution in [0, 0.1) is 5.82 Å². The smallest absolute Gasteiger partial charge is 0.340 e. The summed E-state index contributed by atoms with van der Waals surface area (Å²) in [6.07, 6.45) is 1.40. The number of carbonyl (C=O) groups excluding carboxylic acids is 1. The molecule has 0 atom stereocenters. The summed E-state index contributed by atoms with van der Waals surface area (Å²) in [6.45, 7) is 0. The number of esters is 1. The van der Waals surface area contributed by atoms with Crippen LogP contribution in [0.15, 0.2) is 22.9 Å². The fraction of sp³-hybridized carbons (Fsp3) is 0.111. The van der Waals surface area contributed by atoms with Crippen molar-refractivity contribution in [2.24, 2.45) is 0 Å². The number of aromatic nitrogens is 1. The van der Waals surface area contributed by atoms with Gasteiger partial charge in [0.15, 0.2) is 5.58 Å². The van der Waals surface area contributed by atoms with Gasteiger partial charge in [-0.15, -0.1) is 0 Å². The Labute approximate surface area is 78.2 Å². The van der Waals surface area contributed by atoms with Gasteiger partial charge in [-0.05, 0) is 6.07 Å². The van der Waals surface area contributed by atoms with Crippen LogP contribution in [0.5, 0.6) is 0 Å². The van der Waals surface area contributed by atoms with Gasteiger partial charge < -0.3 is 9.26 Å². The molecule has 5 heteroatoms. The summed E-state index contributed by atoms with van der Waals surface area (Å²) in [4.78, 5) is 11.1. The maximum absolute atomic E-state index is 13.2. The van der Waals surface area contributed by atoms with E-state index in [9.17, 15) is 9.18 Å². The summed E-state index contributed by atoms with van der Waals surface area (Å²) < 4.78 is 22.4. The highest BCUT2D eigenvalue weighted by atomic mass is 19.1. The molecule has 0 amide bonds. The molecule has 0 aliphatic heterocycles. The first-order valence-corrected chi connectivity index (χ1v) is 3.84. The molecule has 0 N–H and O–H groups in total. The first-order chi connectivity index (χ1) is 6.72. The number of carbonyl (C=O) groups is 1. The maximum atomic E-state index is 13.2. The molecule has 0 saturated carbocycles. The van der Waals surface area contributed by atoms with Gasteiger partial charge in [-0.1, -0.05) is 5.16 Å². The van der Waals surface area contributed by atoms with Crippen LogP contribution in [0.4, 0.5) is 4.39 Å². The Morgan fingerprint density at radius 1 is 1.57 bits per heavy atom. The minimum atomic E-state index is -0.717. The van der Waals surface area contributed by atoms with E-state index in [1.165, 1.54) is 19.4 Å². The van der Waals surface area contributed by atoms with Gasteiger partial charge in [0.2, 0.25) is 0 Å². The number of nitrogens with zero attached hydrogens (tertiary/aromatic N) is 1. The van der Waals surface area contributed by atoms with E-state index in [1.54, 1.807) is 0 Å². The van der Waals surface area contributed by atoms with Gasteiger partial charge in [-0.3, -0.25) is 0 Å². The topological polar surface area (TPSA) is 52.3 Å². The quantitative estimate of drug-likeness (QED) is 0.650. The number of benzene rings is 1. The molecule has 0 radical (unpaired) electrons. The van der Waals surface area contributed by atoms with Crippen LogP contribution >= 0.6 is 0 Å². The van der Waals surface area contributed by atoms with Crippen molar-refractivity contribution in [3.63, 3.8) is 0 Å². The lowest BCUT2D eigenvalue weighted by molar-refractivity contribution is 0.0596. The molecule has 4 nitrogen and oxygen atoms in total. The Morgan fingerprint density at radius 3 is 3.07 bits per heavy atom. The van der Waals surface area contributed by atoms with Crippen molar-refractivity contribution in [2.75, 3.05) is 7.11 Å². The first-order valence-electron chi connectivity index (χ1n) is 3.84. The Kier molecular flexibility index (Phi) is 1.92. The molecule has 0 saturated heterocycles. The van der Waals surface area contributed by atoms with Crippen LogP contribution in [0.2, 0.25) is 0 Å². The number of halogens is 1. The van der Waals surface area contributed by atoms with Gasteiger partial charge in [0.1, 0.15) is 5.82 Å². The zero-order chi connectivity index (χ0) is 10.1. The van der Waals surface area contributed by atoms with E-state index >= 15 is 0 Å². The molecule has 1 heterocycles. The van der Waals surface area contributed by atoms with E-state index in [4.69, 9.17) is 4.52 Å². The van der Waals surface area contributed by atoms with Gasteiger partial charge >= 0.3 is 5.97 Å². The van der Waals surface area contributed by atoms with Gasteiger partial charge in [0.25, 0.3) is 0 Å². The van der Waals surface area contributed by atoms with Crippen molar-refractivity contribution in [1.82, 2.24) is 5.16 Å². The highest BCUT2D eigenvalue weighted by Crippen LogP contribution is 2.19. The van der Waals surface area contributed by atoms with Crippen LogP contribution in [0.1, 0.15) is 10.4 Å². The Balaban J connectivity index is 2.64. The molecule has 2 aromatic rings. The summed E-state index contributed by atoms with van der Waals surface area (Å²) in [5.74, 6) is -1.40. The largest absolute Gasteiger partial charge is 0.465 e. The number of methoxy groups -OCH3 is 1. The number of ether oxygens (including phenoxy) is 1. The van der Waals surface area contributed by atoms with Crippen LogP contribution in [0.25, 0.3) is 11.0 Å². The number of fused-ring (bicyclic) bond motifs is 1. The summed E-state index contributed by atoms with van der Waals surface area (Å²) in [5, 5.41) is 4.04. The zero-order valence-corrected chi connectivity index (χ0v) is 7.28. The summed E-state index contributed by atoms with van der Waals surface area (Å²) in [7, 11) is 1.19. The Bertz CT molecular complexity index is 492. The Hall–Kier alpha value is -1.91. The molecule has 0 fully saturated rings. The molecular formula is C9H6FNO3. The molecule has 14 heavy (non-hydrogen) atoms. The molecule has 1 aromatic heterocycles. The molecule has 0 spiro atoms. The normalized spacial score (nSPS) is 10.4. The highest BCUT2D eigenvalue weighted by molar-refractivity contribution is 5.94. The SMILES string of the molecule is COC(=O)c1cc2cnoc2cc1F. The molecule has 0 aliphatic carbocycles. The Morgan fingerprint density at radius 2 is 2.36 bits per heavy atom. The third kappa shape index (κ3) is 1.22. The molecule has 0 bridgehead atoms. The molecule has 1 aromatic carbocycles. The van der Waals surface area contributed by atoms with E-state index in [-0.39, 0.29) is 5.56 Å². The van der Waals surface area contributed by atoms with Crippen molar-refractivity contribution < 1.29 is 18.4 Å². The van der Waals surface area contributed by atoms with Gasteiger partial charge in [-0.2, -0.15) is 0 Å². The highest BCUT2D eigenvalue weighted by Gasteiger charge is 2.14. The molecule has 0 aliphatic rings. The van der Waals surface area contributed by atoms with Crippen molar-refractivity contribution in [1.29, 1.82) is 0 Å². The van der Waals surface area contributed by atoms with Crippen LogP contribution in [0.3, 0.4) is 0 Å². The van der Waals surface area contributed by atoms with E-state index in [0.717, 1.165) is 6.07 Å². The van der Waals surface area contributed by atoms with Crippen molar-refractivity contribution in [3.8, 4) is 0 Å². The summed E-state index contributed by atoms with van der Waals surface area (Å²) in [6, 6.07) is 2.45. The minimum Gasteiger partial charge on any atom is -0.465 e. The number of hydrogen-bond acceptors (Lipinski definition) is 4. The standard InChI is InChI=1S/C9H6FNO3/c1-13-9(12)6-2-5-4-11-14-8(5)3-7(6)10/h2-4H,1H3. The predicted molar refractivity (Wildman–Crippen MR) is 45.3 cm³/mol. The summed E-state index contributed by atoms with van der Waals surface area (Å²) >= 11 is 0. The molecular weight excluding hydrogens is 189 g/mol. The van der Waals surface area contributed by atoms with Crippen LogP contribution < -0.4 is 0 Å². The summed E-state index contributed by atoms with van der Waals surface area (Å²) in [5.41, 5.74) is 0.179. The fourth-order valence-corrected chi connectivity index (χ4v) is 1.16. The molecule has 2 rings (SSSR count). The average molecular weight is 195 g/mol. The number of rotatable bonds is 1. The van der Waals surface area contributed by atoms with E-state index in [0.29, 0.717) is 11.0 Å². The second-order valence-corrected chi connectivity index (χ2v) is 2.69. The number of hydrogen-bond donors (Lipinski definition) is 0. The third-order valence-corrected chi connectivity index (χ3v) is 1.85. The van der Waals surface area contributed by atoms with Crippen molar-refractivity contribution >= 4 is 16.9 Å². The van der Waals surface area contributed by atoms with Crippen molar-refractivity contribution in [2.45, 2.75) is 0 Å². The van der Waals surface area contributed by atoms with E-state index in [1.807, 2.05) is 0 Å². The second kappa shape index (κ2) is 3.10. The average Bonchev–Trinajstić information content (AvgIpc) is 2.62. The maximum Gasteiger partial charge on any atom is 0.340 e. The molecule has 72 valence electrons. The second-order valence-electron chi connectivity index (χ2n) is 2.69. The zero-order valence-electron chi connectivity index (χ0n) is 7.28. The van der Waals surface area contributed by atoms with Crippen LogP contribution in [-0.2, 0) is 4.74 Å².